The average Bonchev–Trinajstić information content (AvgIpc) is 2.92. The molecule has 0 aliphatic carbocycles. The number of pyridine rings is 1. The Kier molecular flexibility index (Phi) is 5.34. The molecular weight excluding hydrogens is 312 g/mol. The molecule has 1 saturated heterocycles. The summed E-state index contributed by atoms with van der Waals surface area (Å²) in [6.07, 6.45) is 3.88. The Morgan fingerprint density at radius 2 is 2.12 bits per heavy atom. The van der Waals surface area contributed by atoms with Crippen molar-refractivity contribution in [3.05, 3.63) is 41.3 Å². The highest BCUT2D eigenvalue weighted by atomic mass is 15.3. The molecule has 1 fully saturated rings. The summed E-state index contributed by atoms with van der Waals surface area (Å²) in [4.78, 5) is 6.62. The van der Waals surface area contributed by atoms with Crippen LogP contribution in [0, 0.1) is 25.2 Å². The molecule has 25 heavy (non-hydrogen) atoms. The third kappa shape index (κ3) is 4.18. The Balaban J connectivity index is 1.52. The van der Waals surface area contributed by atoms with Gasteiger partial charge >= 0.3 is 0 Å². The maximum atomic E-state index is 9.25. The molecule has 0 spiro atoms. The molecule has 132 valence electrons. The van der Waals surface area contributed by atoms with E-state index in [1.165, 1.54) is 5.69 Å². The Labute approximate surface area is 149 Å². The van der Waals surface area contributed by atoms with Crippen molar-refractivity contribution in [2.24, 2.45) is 0 Å². The summed E-state index contributed by atoms with van der Waals surface area (Å²) in [5, 5.41) is 17.5. The van der Waals surface area contributed by atoms with Crippen LogP contribution in [-0.4, -0.2) is 39.9 Å². The van der Waals surface area contributed by atoms with Crippen molar-refractivity contribution < 1.29 is 0 Å². The van der Waals surface area contributed by atoms with Crippen LogP contribution in [0.4, 0.5) is 5.82 Å². The second-order valence-electron chi connectivity index (χ2n) is 6.92. The molecule has 1 N–H and O–H groups in total. The lowest BCUT2D eigenvalue weighted by Crippen LogP contribution is -2.47. The van der Waals surface area contributed by atoms with Crippen molar-refractivity contribution >= 4 is 5.82 Å². The fourth-order valence-corrected chi connectivity index (χ4v) is 3.57. The molecule has 0 saturated carbocycles. The monoisotopic (exact) mass is 338 g/mol. The molecule has 0 amide bonds. The Hall–Kier alpha value is -2.39. The molecule has 1 atom stereocenters. The van der Waals surface area contributed by atoms with Crippen LogP contribution < -0.4 is 10.2 Å². The third-order valence-corrected chi connectivity index (χ3v) is 4.77. The number of piperidine rings is 1. The molecule has 0 unspecified atom stereocenters. The van der Waals surface area contributed by atoms with Crippen molar-refractivity contribution in [3.63, 3.8) is 0 Å². The fourth-order valence-electron chi connectivity index (χ4n) is 3.57. The first-order valence-electron chi connectivity index (χ1n) is 8.94. The lowest BCUT2D eigenvalue weighted by atomic mass is 10.0. The molecule has 3 heterocycles. The Bertz CT molecular complexity index is 752. The van der Waals surface area contributed by atoms with Crippen LogP contribution >= 0.6 is 0 Å². The highest BCUT2D eigenvalue weighted by Crippen LogP contribution is 2.21. The molecule has 3 rings (SSSR count). The van der Waals surface area contributed by atoms with E-state index in [9.17, 15) is 5.26 Å². The van der Waals surface area contributed by atoms with E-state index in [1.807, 2.05) is 19.1 Å². The van der Waals surface area contributed by atoms with Crippen molar-refractivity contribution in [3.8, 4) is 6.07 Å². The Morgan fingerprint density at radius 1 is 1.36 bits per heavy atom. The zero-order valence-corrected chi connectivity index (χ0v) is 15.2. The Morgan fingerprint density at radius 3 is 2.76 bits per heavy atom. The van der Waals surface area contributed by atoms with Crippen LogP contribution in [0.2, 0.25) is 0 Å². The first kappa shape index (κ1) is 17.4. The van der Waals surface area contributed by atoms with Gasteiger partial charge in [0, 0.05) is 37.1 Å². The van der Waals surface area contributed by atoms with Gasteiger partial charge in [-0.3, -0.25) is 4.68 Å². The highest BCUT2D eigenvalue weighted by Gasteiger charge is 2.23. The van der Waals surface area contributed by atoms with Crippen LogP contribution in [0.15, 0.2) is 24.4 Å². The molecule has 0 aromatic carbocycles. The molecule has 0 bridgehead atoms. The highest BCUT2D eigenvalue weighted by molar-refractivity contribution is 5.53. The number of hydrogen-bond donors (Lipinski definition) is 1. The molecule has 2 aromatic rings. The maximum Gasteiger partial charge on any atom is 0.146 e. The predicted molar refractivity (Wildman–Crippen MR) is 98.5 cm³/mol. The summed E-state index contributed by atoms with van der Waals surface area (Å²) in [7, 11) is 0. The van der Waals surface area contributed by atoms with Gasteiger partial charge in [0.1, 0.15) is 11.9 Å². The first-order chi connectivity index (χ1) is 12.1. The number of aryl methyl sites for hydroxylation is 2. The molecule has 6 heteroatoms. The zero-order chi connectivity index (χ0) is 17.8. The van der Waals surface area contributed by atoms with Crippen molar-refractivity contribution in [2.45, 2.75) is 52.2 Å². The molecular formula is C19H26N6. The molecule has 1 aliphatic rings. The average molecular weight is 338 g/mol. The van der Waals surface area contributed by atoms with Gasteiger partial charge in [0.15, 0.2) is 0 Å². The lowest BCUT2D eigenvalue weighted by molar-refractivity contribution is 0.346. The summed E-state index contributed by atoms with van der Waals surface area (Å²) >= 11 is 0. The lowest BCUT2D eigenvalue weighted by Gasteiger charge is -2.35. The summed E-state index contributed by atoms with van der Waals surface area (Å²) in [6.45, 7) is 9.09. The van der Waals surface area contributed by atoms with Gasteiger partial charge in [-0.05, 0) is 51.8 Å². The second kappa shape index (κ2) is 7.66. The predicted octanol–water partition coefficient (Wildman–Crippen LogP) is 2.41. The summed E-state index contributed by atoms with van der Waals surface area (Å²) in [5.41, 5.74) is 2.94. The first-order valence-corrected chi connectivity index (χ1v) is 8.94. The summed E-state index contributed by atoms with van der Waals surface area (Å²) in [6, 6.07) is 8.88. The van der Waals surface area contributed by atoms with E-state index >= 15 is 0 Å². The number of nitrogens with zero attached hydrogens (tertiary/aromatic N) is 5. The molecule has 1 aliphatic heterocycles. The van der Waals surface area contributed by atoms with Crippen LogP contribution in [0.5, 0.6) is 0 Å². The van der Waals surface area contributed by atoms with Crippen LogP contribution in [0.25, 0.3) is 0 Å². The number of hydrogen-bond acceptors (Lipinski definition) is 5. The van der Waals surface area contributed by atoms with E-state index in [2.05, 4.69) is 51.0 Å². The van der Waals surface area contributed by atoms with Crippen molar-refractivity contribution in [2.75, 3.05) is 18.0 Å². The van der Waals surface area contributed by atoms with E-state index in [-0.39, 0.29) is 0 Å². The number of nitrogens with one attached hydrogen (secondary N) is 1. The normalized spacial score (nSPS) is 16.6. The van der Waals surface area contributed by atoms with E-state index in [4.69, 9.17) is 0 Å². The second-order valence-corrected chi connectivity index (χ2v) is 6.92. The van der Waals surface area contributed by atoms with E-state index in [0.717, 1.165) is 44.0 Å². The van der Waals surface area contributed by atoms with Crippen molar-refractivity contribution in [1.29, 1.82) is 5.26 Å². The minimum atomic E-state index is 0.374. The SMILES string of the molecule is Cc1cc(C)n(C[C@H](C)NC2CCN(c3ncccc3C#N)CC2)n1. The molecule has 0 radical (unpaired) electrons. The van der Waals surface area contributed by atoms with E-state index in [0.29, 0.717) is 17.6 Å². The third-order valence-electron chi connectivity index (χ3n) is 4.77. The standard InChI is InChI=1S/C19H26N6/c1-14-11-16(3)25(23-14)13-15(2)22-18-6-9-24(10-7-18)19-17(12-20)5-4-8-21-19/h4-5,8,11,15,18,22H,6-7,9-10,13H2,1-3H3/t15-/m0/s1. The van der Waals surface area contributed by atoms with Gasteiger partial charge in [-0.25, -0.2) is 4.98 Å². The molecule has 2 aromatic heterocycles. The van der Waals surface area contributed by atoms with Gasteiger partial charge in [0.05, 0.1) is 17.8 Å². The van der Waals surface area contributed by atoms with Crippen LogP contribution in [-0.2, 0) is 6.54 Å². The molecule has 6 nitrogen and oxygen atoms in total. The van der Waals surface area contributed by atoms with Gasteiger partial charge in [0.25, 0.3) is 0 Å². The maximum absolute atomic E-state index is 9.25. The van der Waals surface area contributed by atoms with Gasteiger partial charge in [-0.2, -0.15) is 10.4 Å². The minimum absolute atomic E-state index is 0.374. The number of aromatic nitrogens is 3. The van der Waals surface area contributed by atoms with Crippen LogP contribution in [0.1, 0.15) is 36.7 Å². The van der Waals surface area contributed by atoms with Crippen molar-refractivity contribution in [1.82, 2.24) is 20.1 Å². The fraction of sp³-hybridized carbons (Fsp3) is 0.526. The number of nitriles is 1. The smallest absolute Gasteiger partial charge is 0.146 e. The van der Waals surface area contributed by atoms with Gasteiger partial charge < -0.3 is 10.2 Å². The van der Waals surface area contributed by atoms with Gasteiger partial charge in [-0.1, -0.05) is 0 Å². The van der Waals surface area contributed by atoms with E-state index < -0.39 is 0 Å². The largest absolute Gasteiger partial charge is 0.355 e. The minimum Gasteiger partial charge on any atom is -0.355 e. The number of anilines is 1. The van der Waals surface area contributed by atoms with Crippen LogP contribution in [0.3, 0.4) is 0 Å². The topological polar surface area (TPSA) is 69.8 Å². The summed E-state index contributed by atoms with van der Waals surface area (Å²) < 4.78 is 2.08. The summed E-state index contributed by atoms with van der Waals surface area (Å²) in [5.74, 6) is 0.819. The van der Waals surface area contributed by atoms with Gasteiger partial charge in [-0.15, -0.1) is 0 Å². The van der Waals surface area contributed by atoms with E-state index in [1.54, 1.807) is 6.20 Å². The quantitative estimate of drug-likeness (QED) is 0.906. The zero-order valence-electron chi connectivity index (χ0n) is 15.2. The van der Waals surface area contributed by atoms with Gasteiger partial charge in [0.2, 0.25) is 0 Å². The number of rotatable bonds is 5.